The summed E-state index contributed by atoms with van der Waals surface area (Å²) >= 11 is 1.56. The molecule has 7 nitrogen and oxygen atoms in total. The lowest BCUT2D eigenvalue weighted by Crippen LogP contribution is -2.39. The van der Waals surface area contributed by atoms with Crippen LogP contribution in [-0.4, -0.2) is 35.4 Å². The molecule has 1 aliphatic rings. The van der Waals surface area contributed by atoms with Crippen molar-refractivity contribution in [1.82, 2.24) is 13.9 Å². The van der Waals surface area contributed by atoms with E-state index in [0.717, 1.165) is 17.8 Å². The van der Waals surface area contributed by atoms with E-state index >= 15 is 0 Å². The van der Waals surface area contributed by atoms with Crippen molar-refractivity contribution < 1.29 is 12.8 Å². The van der Waals surface area contributed by atoms with Crippen LogP contribution >= 0.6 is 11.3 Å². The minimum absolute atomic E-state index is 0.127. The number of benzene rings is 1. The lowest BCUT2D eigenvalue weighted by atomic mass is 10.0. The van der Waals surface area contributed by atoms with Gasteiger partial charge in [0.25, 0.3) is 0 Å². The van der Waals surface area contributed by atoms with Crippen LogP contribution in [0.15, 0.2) is 43.9 Å². The molecule has 1 atom stereocenters. The average Bonchev–Trinajstić information content (AvgIpc) is 3.24. The highest BCUT2D eigenvalue weighted by atomic mass is 32.2. The Kier molecular flexibility index (Phi) is 4.01. The van der Waals surface area contributed by atoms with Gasteiger partial charge in [0.15, 0.2) is 5.58 Å². The number of thiazole rings is 1. The van der Waals surface area contributed by atoms with E-state index in [1.165, 1.54) is 21.0 Å². The van der Waals surface area contributed by atoms with Gasteiger partial charge in [0.2, 0.25) is 10.0 Å². The molecule has 0 spiro atoms. The number of hydrogen-bond donors (Lipinski definition) is 0. The molecule has 0 amide bonds. The van der Waals surface area contributed by atoms with Crippen molar-refractivity contribution in [3.8, 4) is 0 Å². The number of aryl methyl sites for hydroxylation is 1. The van der Waals surface area contributed by atoms with Gasteiger partial charge in [-0.15, -0.1) is 11.3 Å². The van der Waals surface area contributed by atoms with Crippen LogP contribution < -0.4 is 5.76 Å². The molecular formula is C16H17N3O4S2. The Morgan fingerprint density at radius 3 is 2.96 bits per heavy atom. The van der Waals surface area contributed by atoms with E-state index in [4.69, 9.17) is 4.42 Å². The second-order valence-electron chi connectivity index (χ2n) is 6.13. The molecule has 0 radical (unpaired) electrons. The summed E-state index contributed by atoms with van der Waals surface area (Å²) in [5, 5.41) is 2.89. The van der Waals surface area contributed by atoms with Crippen LogP contribution in [0.5, 0.6) is 0 Å². The first kappa shape index (κ1) is 16.5. The molecule has 0 bridgehead atoms. The number of sulfonamides is 1. The minimum Gasteiger partial charge on any atom is -0.408 e. The van der Waals surface area contributed by atoms with Gasteiger partial charge in [0, 0.05) is 43.7 Å². The maximum Gasteiger partial charge on any atom is 0.419 e. The van der Waals surface area contributed by atoms with Crippen molar-refractivity contribution in [3.05, 3.63) is 45.3 Å². The summed E-state index contributed by atoms with van der Waals surface area (Å²) < 4.78 is 34.0. The van der Waals surface area contributed by atoms with E-state index < -0.39 is 15.8 Å². The summed E-state index contributed by atoms with van der Waals surface area (Å²) in [5.74, 6) is -0.381. The molecule has 2 aromatic heterocycles. The molecule has 1 saturated heterocycles. The number of fused-ring (bicyclic) bond motifs is 1. The molecule has 0 N–H and O–H groups in total. The zero-order valence-corrected chi connectivity index (χ0v) is 15.2. The summed E-state index contributed by atoms with van der Waals surface area (Å²) in [6.07, 6.45) is 3.48. The Morgan fingerprint density at radius 1 is 1.36 bits per heavy atom. The summed E-state index contributed by atoms with van der Waals surface area (Å²) in [6.45, 7) is 0.910. The monoisotopic (exact) mass is 379 g/mol. The van der Waals surface area contributed by atoms with E-state index in [1.54, 1.807) is 30.6 Å². The quantitative estimate of drug-likeness (QED) is 0.696. The van der Waals surface area contributed by atoms with Gasteiger partial charge in [-0.2, -0.15) is 4.31 Å². The number of rotatable bonds is 3. The lowest BCUT2D eigenvalue weighted by Gasteiger charge is -2.30. The van der Waals surface area contributed by atoms with Crippen molar-refractivity contribution in [3.63, 3.8) is 0 Å². The molecule has 3 heterocycles. The number of aromatic nitrogens is 2. The Balaban J connectivity index is 1.68. The predicted octanol–water partition coefficient (Wildman–Crippen LogP) is 2.16. The second kappa shape index (κ2) is 6.08. The number of piperidine rings is 1. The van der Waals surface area contributed by atoms with Crippen LogP contribution in [0, 0.1) is 0 Å². The number of oxazole rings is 1. The third-order valence-electron chi connectivity index (χ3n) is 4.59. The van der Waals surface area contributed by atoms with Crippen molar-refractivity contribution in [2.45, 2.75) is 23.7 Å². The topological polar surface area (TPSA) is 85.4 Å². The van der Waals surface area contributed by atoms with Crippen molar-refractivity contribution >= 4 is 32.5 Å². The predicted molar refractivity (Wildman–Crippen MR) is 94.3 cm³/mol. The highest BCUT2D eigenvalue weighted by molar-refractivity contribution is 7.89. The Hall–Kier alpha value is -1.97. The van der Waals surface area contributed by atoms with Crippen LogP contribution in [0.3, 0.4) is 0 Å². The van der Waals surface area contributed by atoms with Crippen LogP contribution in [0.1, 0.15) is 23.8 Å². The van der Waals surface area contributed by atoms with Gasteiger partial charge >= 0.3 is 5.76 Å². The minimum atomic E-state index is -3.64. The summed E-state index contributed by atoms with van der Waals surface area (Å²) in [4.78, 5) is 16.1. The number of hydrogen-bond acceptors (Lipinski definition) is 6. The first-order chi connectivity index (χ1) is 12.0. The molecule has 1 fully saturated rings. The van der Waals surface area contributed by atoms with Crippen LogP contribution in [0.2, 0.25) is 0 Å². The Bertz CT molecular complexity index is 1070. The number of nitrogens with zero attached hydrogens (tertiary/aromatic N) is 3. The highest BCUT2D eigenvalue weighted by Crippen LogP contribution is 2.31. The van der Waals surface area contributed by atoms with Gasteiger partial charge in [0.05, 0.1) is 15.4 Å². The van der Waals surface area contributed by atoms with Gasteiger partial charge in [-0.25, -0.2) is 18.2 Å². The highest BCUT2D eigenvalue weighted by Gasteiger charge is 2.32. The standard InChI is InChI=1S/C16H17N3O4S2/c1-18-13-5-4-12(9-14(13)23-16(18)20)25(21,22)19-7-2-3-11(10-19)15-17-6-8-24-15/h4-6,8-9,11H,2-3,7,10H2,1H3/t11-/m0/s1. The Morgan fingerprint density at radius 2 is 2.20 bits per heavy atom. The first-order valence-electron chi connectivity index (χ1n) is 7.96. The molecule has 1 aliphatic heterocycles. The van der Waals surface area contributed by atoms with Crippen molar-refractivity contribution in [2.75, 3.05) is 13.1 Å². The van der Waals surface area contributed by atoms with Crippen LogP contribution in [0.25, 0.3) is 11.1 Å². The van der Waals surface area contributed by atoms with E-state index in [1.807, 2.05) is 5.38 Å². The average molecular weight is 379 g/mol. The maximum atomic E-state index is 13.0. The second-order valence-corrected chi connectivity index (χ2v) is 8.99. The molecule has 0 saturated carbocycles. The summed E-state index contributed by atoms with van der Waals surface area (Å²) in [6, 6.07) is 4.56. The van der Waals surface area contributed by atoms with E-state index in [2.05, 4.69) is 4.98 Å². The van der Waals surface area contributed by atoms with E-state index in [0.29, 0.717) is 18.6 Å². The molecule has 9 heteroatoms. The summed E-state index contributed by atoms with van der Waals surface area (Å²) in [5.41, 5.74) is 0.852. The van der Waals surface area contributed by atoms with Crippen LogP contribution in [-0.2, 0) is 17.1 Å². The van der Waals surface area contributed by atoms with Gasteiger partial charge in [-0.1, -0.05) is 0 Å². The first-order valence-corrected chi connectivity index (χ1v) is 10.3. The Labute approximate surface area is 148 Å². The fraction of sp³-hybridized carbons (Fsp3) is 0.375. The zero-order chi connectivity index (χ0) is 17.6. The van der Waals surface area contributed by atoms with Gasteiger partial charge < -0.3 is 4.42 Å². The van der Waals surface area contributed by atoms with Gasteiger partial charge in [-0.3, -0.25) is 4.57 Å². The lowest BCUT2D eigenvalue weighted by molar-refractivity contribution is 0.315. The molecule has 25 heavy (non-hydrogen) atoms. The summed E-state index contributed by atoms with van der Waals surface area (Å²) in [7, 11) is -2.05. The van der Waals surface area contributed by atoms with Gasteiger partial charge in [0.1, 0.15) is 0 Å². The molecule has 1 aromatic carbocycles. The van der Waals surface area contributed by atoms with Crippen molar-refractivity contribution in [1.29, 1.82) is 0 Å². The zero-order valence-electron chi connectivity index (χ0n) is 13.6. The third kappa shape index (κ3) is 2.82. The molecule has 4 rings (SSSR count). The van der Waals surface area contributed by atoms with E-state index in [-0.39, 0.29) is 16.4 Å². The van der Waals surface area contributed by atoms with Gasteiger partial charge in [-0.05, 0) is 25.0 Å². The fourth-order valence-corrected chi connectivity index (χ4v) is 5.53. The molecule has 132 valence electrons. The molecule has 0 aliphatic carbocycles. The normalized spacial score (nSPS) is 19.5. The van der Waals surface area contributed by atoms with E-state index in [9.17, 15) is 13.2 Å². The fourth-order valence-electron chi connectivity index (χ4n) is 3.22. The maximum absolute atomic E-state index is 13.0. The van der Waals surface area contributed by atoms with Crippen molar-refractivity contribution in [2.24, 2.45) is 7.05 Å². The smallest absolute Gasteiger partial charge is 0.408 e. The molecular weight excluding hydrogens is 362 g/mol. The molecule has 0 unspecified atom stereocenters. The van der Waals surface area contributed by atoms with Crippen LogP contribution in [0.4, 0.5) is 0 Å². The SMILES string of the molecule is Cn1c(=O)oc2cc(S(=O)(=O)N3CCC[C@H](c4nccs4)C3)ccc21. The molecule has 3 aromatic rings. The largest absolute Gasteiger partial charge is 0.419 e. The third-order valence-corrected chi connectivity index (χ3v) is 7.39.